The van der Waals surface area contributed by atoms with Crippen LogP contribution in [-0.2, 0) is 4.79 Å². The van der Waals surface area contributed by atoms with Gasteiger partial charge in [0.15, 0.2) is 0 Å². The smallest absolute Gasteiger partial charge is 0.223 e. The van der Waals surface area contributed by atoms with E-state index in [1.807, 2.05) is 31.2 Å². The summed E-state index contributed by atoms with van der Waals surface area (Å²) in [6.45, 7) is 5.10. The molecule has 0 bridgehead atoms. The SMILES string of the molecule is CC1CC(C(=O)N[C@@H](C)c2ccccc2Br)CCN1. The van der Waals surface area contributed by atoms with Crippen LogP contribution in [0.2, 0.25) is 0 Å². The first-order valence-electron chi connectivity index (χ1n) is 6.86. The van der Waals surface area contributed by atoms with E-state index < -0.39 is 0 Å². The molecule has 104 valence electrons. The Morgan fingerprint density at radius 1 is 1.47 bits per heavy atom. The number of nitrogens with one attached hydrogen (secondary N) is 2. The van der Waals surface area contributed by atoms with E-state index in [0.717, 1.165) is 29.4 Å². The van der Waals surface area contributed by atoms with E-state index in [9.17, 15) is 4.79 Å². The van der Waals surface area contributed by atoms with Gasteiger partial charge in [0.25, 0.3) is 0 Å². The summed E-state index contributed by atoms with van der Waals surface area (Å²) in [4.78, 5) is 12.3. The van der Waals surface area contributed by atoms with Gasteiger partial charge in [-0.1, -0.05) is 34.1 Å². The van der Waals surface area contributed by atoms with Crippen LogP contribution in [-0.4, -0.2) is 18.5 Å². The van der Waals surface area contributed by atoms with Crippen molar-refractivity contribution in [1.29, 1.82) is 0 Å². The molecule has 1 aromatic rings. The van der Waals surface area contributed by atoms with Gasteiger partial charge < -0.3 is 10.6 Å². The molecule has 1 saturated heterocycles. The number of amides is 1. The molecule has 2 rings (SSSR count). The van der Waals surface area contributed by atoms with Crippen LogP contribution < -0.4 is 10.6 Å². The molecule has 2 unspecified atom stereocenters. The average molecular weight is 325 g/mol. The van der Waals surface area contributed by atoms with Crippen molar-refractivity contribution in [3.63, 3.8) is 0 Å². The Balaban J connectivity index is 1.97. The van der Waals surface area contributed by atoms with Crippen molar-refractivity contribution < 1.29 is 4.79 Å². The van der Waals surface area contributed by atoms with E-state index in [-0.39, 0.29) is 17.9 Å². The highest BCUT2D eigenvalue weighted by molar-refractivity contribution is 9.10. The van der Waals surface area contributed by atoms with Crippen LogP contribution in [0.3, 0.4) is 0 Å². The summed E-state index contributed by atoms with van der Waals surface area (Å²) >= 11 is 3.53. The molecule has 1 heterocycles. The summed E-state index contributed by atoms with van der Waals surface area (Å²) < 4.78 is 1.04. The fraction of sp³-hybridized carbons (Fsp3) is 0.533. The number of benzene rings is 1. The highest BCUT2D eigenvalue weighted by Crippen LogP contribution is 2.24. The van der Waals surface area contributed by atoms with Crippen molar-refractivity contribution in [2.45, 2.75) is 38.8 Å². The van der Waals surface area contributed by atoms with Gasteiger partial charge in [0.2, 0.25) is 5.91 Å². The normalized spacial score (nSPS) is 24.8. The largest absolute Gasteiger partial charge is 0.349 e. The third-order valence-corrected chi connectivity index (χ3v) is 4.45. The average Bonchev–Trinajstić information content (AvgIpc) is 2.39. The van der Waals surface area contributed by atoms with Crippen molar-refractivity contribution in [2.24, 2.45) is 5.92 Å². The maximum absolute atomic E-state index is 12.3. The Morgan fingerprint density at radius 3 is 2.89 bits per heavy atom. The molecule has 1 fully saturated rings. The number of carbonyl (C=O) groups excluding carboxylic acids is 1. The number of halogens is 1. The molecule has 1 aliphatic heterocycles. The van der Waals surface area contributed by atoms with Gasteiger partial charge in [-0.2, -0.15) is 0 Å². The topological polar surface area (TPSA) is 41.1 Å². The quantitative estimate of drug-likeness (QED) is 0.897. The predicted octanol–water partition coefficient (Wildman–Crippen LogP) is 3.01. The minimum Gasteiger partial charge on any atom is -0.349 e. The Hall–Kier alpha value is -0.870. The van der Waals surface area contributed by atoms with E-state index in [2.05, 4.69) is 33.5 Å². The van der Waals surface area contributed by atoms with Gasteiger partial charge in [-0.15, -0.1) is 0 Å². The van der Waals surface area contributed by atoms with Crippen molar-refractivity contribution in [3.05, 3.63) is 34.3 Å². The van der Waals surface area contributed by atoms with Gasteiger partial charge in [-0.05, 0) is 44.9 Å². The lowest BCUT2D eigenvalue weighted by Crippen LogP contribution is -2.43. The molecular weight excluding hydrogens is 304 g/mol. The van der Waals surface area contributed by atoms with Gasteiger partial charge in [0, 0.05) is 16.4 Å². The molecule has 19 heavy (non-hydrogen) atoms. The number of hydrogen-bond donors (Lipinski definition) is 2. The van der Waals surface area contributed by atoms with Crippen LogP contribution in [0.4, 0.5) is 0 Å². The van der Waals surface area contributed by atoms with Crippen LogP contribution in [0.25, 0.3) is 0 Å². The molecule has 4 heteroatoms. The predicted molar refractivity (Wildman–Crippen MR) is 80.9 cm³/mol. The molecule has 0 aromatic heterocycles. The van der Waals surface area contributed by atoms with Crippen molar-refractivity contribution in [3.8, 4) is 0 Å². The summed E-state index contributed by atoms with van der Waals surface area (Å²) in [6.07, 6.45) is 1.85. The lowest BCUT2D eigenvalue weighted by atomic mass is 9.92. The monoisotopic (exact) mass is 324 g/mol. The summed E-state index contributed by atoms with van der Waals surface area (Å²) in [5, 5.41) is 6.50. The Kier molecular flexibility index (Phi) is 4.99. The fourth-order valence-corrected chi connectivity index (χ4v) is 3.23. The van der Waals surface area contributed by atoms with Crippen LogP contribution in [0.1, 0.15) is 38.3 Å². The fourth-order valence-electron chi connectivity index (χ4n) is 2.61. The molecule has 0 radical (unpaired) electrons. The third kappa shape index (κ3) is 3.80. The molecule has 0 spiro atoms. The molecule has 1 aromatic carbocycles. The molecular formula is C15H21BrN2O. The second kappa shape index (κ2) is 6.53. The first-order valence-corrected chi connectivity index (χ1v) is 7.65. The molecule has 3 nitrogen and oxygen atoms in total. The van der Waals surface area contributed by atoms with Crippen molar-refractivity contribution >= 4 is 21.8 Å². The number of piperidine rings is 1. The molecule has 1 amide bonds. The lowest BCUT2D eigenvalue weighted by molar-refractivity contribution is -0.126. The van der Waals surface area contributed by atoms with E-state index >= 15 is 0 Å². The van der Waals surface area contributed by atoms with E-state index in [1.54, 1.807) is 0 Å². The minimum atomic E-state index is 0.0354. The zero-order valence-corrected chi connectivity index (χ0v) is 13.0. The van der Waals surface area contributed by atoms with Crippen LogP contribution in [0.15, 0.2) is 28.7 Å². The van der Waals surface area contributed by atoms with Gasteiger partial charge in [0.05, 0.1) is 6.04 Å². The first kappa shape index (κ1) is 14.5. The van der Waals surface area contributed by atoms with Gasteiger partial charge in [0.1, 0.15) is 0 Å². The minimum absolute atomic E-state index is 0.0354. The summed E-state index contributed by atoms with van der Waals surface area (Å²) in [7, 11) is 0. The standard InChI is InChI=1S/C15H21BrN2O/c1-10-9-12(7-8-17-10)15(19)18-11(2)13-5-3-4-6-14(13)16/h3-6,10-12,17H,7-9H2,1-2H3,(H,18,19)/t10?,11-,12?/m0/s1. The van der Waals surface area contributed by atoms with Crippen LogP contribution >= 0.6 is 15.9 Å². The van der Waals surface area contributed by atoms with Gasteiger partial charge >= 0.3 is 0 Å². The van der Waals surface area contributed by atoms with Crippen LogP contribution in [0.5, 0.6) is 0 Å². The Labute approximate surface area is 123 Å². The van der Waals surface area contributed by atoms with Crippen molar-refractivity contribution in [1.82, 2.24) is 10.6 Å². The van der Waals surface area contributed by atoms with E-state index in [0.29, 0.717) is 6.04 Å². The first-order chi connectivity index (χ1) is 9.08. The van der Waals surface area contributed by atoms with Gasteiger partial charge in [-0.25, -0.2) is 0 Å². The number of rotatable bonds is 3. The maximum Gasteiger partial charge on any atom is 0.223 e. The number of hydrogen-bond acceptors (Lipinski definition) is 2. The second-order valence-corrected chi connectivity index (χ2v) is 6.18. The molecule has 2 N–H and O–H groups in total. The zero-order valence-electron chi connectivity index (χ0n) is 11.4. The molecule has 0 aliphatic carbocycles. The highest BCUT2D eigenvalue weighted by atomic mass is 79.9. The van der Waals surface area contributed by atoms with Crippen molar-refractivity contribution in [2.75, 3.05) is 6.54 Å². The second-order valence-electron chi connectivity index (χ2n) is 5.33. The summed E-state index contributed by atoms with van der Waals surface area (Å²) in [5.41, 5.74) is 1.12. The van der Waals surface area contributed by atoms with Gasteiger partial charge in [-0.3, -0.25) is 4.79 Å². The molecule has 0 saturated carbocycles. The van der Waals surface area contributed by atoms with Crippen LogP contribution in [0, 0.1) is 5.92 Å². The number of carbonyl (C=O) groups is 1. The zero-order chi connectivity index (χ0) is 13.8. The maximum atomic E-state index is 12.3. The van der Waals surface area contributed by atoms with E-state index in [1.165, 1.54) is 0 Å². The molecule has 1 aliphatic rings. The highest BCUT2D eigenvalue weighted by Gasteiger charge is 2.25. The third-order valence-electron chi connectivity index (χ3n) is 3.72. The Morgan fingerprint density at radius 2 is 2.21 bits per heavy atom. The summed E-state index contributed by atoms with van der Waals surface area (Å²) in [5.74, 6) is 0.317. The van der Waals surface area contributed by atoms with E-state index in [4.69, 9.17) is 0 Å². The summed E-state index contributed by atoms with van der Waals surface area (Å²) in [6, 6.07) is 8.49. The Bertz CT molecular complexity index is 450. The molecule has 3 atom stereocenters. The lowest BCUT2D eigenvalue weighted by Gasteiger charge is -2.28.